The molecule has 0 spiro atoms. The Hall–Kier alpha value is -1.56. The second kappa shape index (κ2) is 8.17. The maximum absolute atomic E-state index is 12.0. The van der Waals surface area contributed by atoms with Crippen molar-refractivity contribution in [3.05, 3.63) is 57.2 Å². The fraction of sp³-hybridized carbons (Fsp3) is 0.312. The van der Waals surface area contributed by atoms with Gasteiger partial charge in [-0.1, -0.05) is 41.9 Å². The number of amides is 2. The molecule has 6 heteroatoms. The number of aliphatic hydroxyl groups is 1. The van der Waals surface area contributed by atoms with Crippen LogP contribution in [0.5, 0.6) is 0 Å². The fourth-order valence-electron chi connectivity index (χ4n) is 2.12. The monoisotopic (exact) mass is 338 g/mol. The number of carbonyl (C=O) groups is 1. The van der Waals surface area contributed by atoms with Crippen molar-refractivity contribution < 1.29 is 9.90 Å². The summed E-state index contributed by atoms with van der Waals surface area (Å²) in [6.45, 7) is 1.79. The molecular weight excluding hydrogens is 320 g/mol. The van der Waals surface area contributed by atoms with E-state index < -0.39 is 0 Å². The van der Waals surface area contributed by atoms with Crippen LogP contribution in [0.15, 0.2) is 42.5 Å². The van der Waals surface area contributed by atoms with Crippen LogP contribution in [0.4, 0.5) is 4.79 Å². The number of benzene rings is 1. The van der Waals surface area contributed by atoms with Gasteiger partial charge in [-0.2, -0.15) is 0 Å². The Balaban J connectivity index is 1.86. The number of nitrogens with one attached hydrogen (secondary N) is 2. The molecule has 1 aromatic carbocycles. The first-order valence-electron chi connectivity index (χ1n) is 7.05. The Kier molecular flexibility index (Phi) is 6.24. The summed E-state index contributed by atoms with van der Waals surface area (Å²) < 4.78 is 0.696. The van der Waals surface area contributed by atoms with Crippen LogP contribution in [-0.4, -0.2) is 23.8 Å². The average molecular weight is 339 g/mol. The standard InChI is InChI=1S/C16H19ClN2O2S/c1-11(14-7-8-15(17)22-14)18-16(21)19-13(10-20)9-12-5-3-2-4-6-12/h2-8,11,13,20H,9-10H2,1H3,(H2,18,19,21)/t11-,13+/m1/s1. The molecular formula is C16H19ClN2O2S. The lowest BCUT2D eigenvalue weighted by atomic mass is 10.1. The number of rotatable bonds is 6. The molecule has 2 rings (SSSR count). The molecule has 1 aromatic heterocycles. The van der Waals surface area contributed by atoms with E-state index in [0.29, 0.717) is 10.8 Å². The first-order chi connectivity index (χ1) is 10.6. The molecule has 1 heterocycles. The van der Waals surface area contributed by atoms with Crippen LogP contribution >= 0.6 is 22.9 Å². The van der Waals surface area contributed by atoms with Crippen molar-refractivity contribution in [2.24, 2.45) is 0 Å². The van der Waals surface area contributed by atoms with E-state index in [4.69, 9.17) is 11.6 Å². The summed E-state index contributed by atoms with van der Waals surface area (Å²) in [6.07, 6.45) is 0.587. The van der Waals surface area contributed by atoms with Gasteiger partial charge < -0.3 is 15.7 Å². The number of halogens is 1. The molecule has 118 valence electrons. The average Bonchev–Trinajstić information content (AvgIpc) is 2.94. The first-order valence-corrected chi connectivity index (χ1v) is 8.25. The SMILES string of the molecule is C[C@@H](NC(=O)N[C@H](CO)Cc1ccccc1)c1ccc(Cl)s1. The molecule has 2 amide bonds. The molecule has 0 bridgehead atoms. The lowest BCUT2D eigenvalue weighted by Crippen LogP contribution is -2.45. The Labute approximate surface area is 139 Å². The molecule has 0 saturated heterocycles. The molecule has 0 saturated carbocycles. The van der Waals surface area contributed by atoms with Gasteiger partial charge in [0, 0.05) is 4.88 Å². The van der Waals surface area contributed by atoms with Gasteiger partial charge in [0.1, 0.15) is 0 Å². The van der Waals surface area contributed by atoms with E-state index in [1.165, 1.54) is 11.3 Å². The highest BCUT2D eigenvalue weighted by Gasteiger charge is 2.15. The van der Waals surface area contributed by atoms with Crippen LogP contribution in [0.3, 0.4) is 0 Å². The van der Waals surface area contributed by atoms with Gasteiger partial charge in [0.15, 0.2) is 0 Å². The van der Waals surface area contributed by atoms with Crippen LogP contribution in [0.2, 0.25) is 4.34 Å². The van der Waals surface area contributed by atoms with Crippen LogP contribution in [0.1, 0.15) is 23.4 Å². The van der Waals surface area contributed by atoms with Crippen LogP contribution in [0.25, 0.3) is 0 Å². The van der Waals surface area contributed by atoms with Crippen LogP contribution < -0.4 is 10.6 Å². The highest BCUT2D eigenvalue weighted by molar-refractivity contribution is 7.16. The van der Waals surface area contributed by atoms with Crippen LogP contribution in [0, 0.1) is 0 Å². The molecule has 0 radical (unpaired) electrons. The second-order valence-corrected chi connectivity index (χ2v) is 6.80. The summed E-state index contributed by atoms with van der Waals surface area (Å²) in [5, 5.41) is 15.1. The third kappa shape index (κ3) is 5.02. The van der Waals surface area contributed by atoms with E-state index in [-0.39, 0.29) is 24.7 Å². The zero-order valence-electron chi connectivity index (χ0n) is 12.3. The highest BCUT2D eigenvalue weighted by Crippen LogP contribution is 2.26. The Bertz CT molecular complexity index is 603. The molecule has 0 aliphatic heterocycles. The maximum Gasteiger partial charge on any atom is 0.315 e. The van der Waals surface area contributed by atoms with Crippen molar-refractivity contribution in [2.75, 3.05) is 6.61 Å². The van der Waals surface area contributed by atoms with Gasteiger partial charge in [0.2, 0.25) is 0 Å². The zero-order valence-corrected chi connectivity index (χ0v) is 13.8. The lowest BCUT2D eigenvalue weighted by molar-refractivity contribution is 0.214. The molecule has 2 aromatic rings. The summed E-state index contributed by atoms with van der Waals surface area (Å²) in [6, 6.07) is 12.7. The maximum atomic E-state index is 12.0. The molecule has 4 nitrogen and oxygen atoms in total. The predicted octanol–water partition coefficient (Wildman–Crippen LogP) is 3.37. The molecule has 2 atom stereocenters. The molecule has 22 heavy (non-hydrogen) atoms. The normalized spacial score (nSPS) is 13.4. The van der Waals surface area contributed by atoms with Gasteiger partial charge in [-0.05, 0) is 31.0 Å². The predicted molar refractivity (Wildman–Crippen MR) is 90.4 cm³/mol. The molecule has 3 N–H and O–H groups in total. The van der Waals surface area contributed by atoms with Gasteiger partial charge in [-0.15, -0.1) is 11.3 Å². The zero-order chi connectivity index (χ0) is 15.9. The largest absolute Gasteiger partial charge is 0.394 e. The Morgan fingerprint density at radius 2 is 1.95 bits per heavy atom. The van der Waals surface area contributed by atoms with Gasteiger partial charge >= 0.3 is 6.03 Å². The number of aliphatic hydroxyl groups excluding tert-OH is 1. The molecule has 0 aliphatic carbocycles. The van der Waals surface area contributed by atoms with Crippen LogP contribution in [-0.2, 0) is 6.42 Å². The minimum absolute atomic E-state index is 0.110. The summed E-state index contributed by atoms with van der Waals surface area (Å²) in [4.78, 5) is 13.0. The molecule has 0 unspecified atom stereocenters. The first kappa shape index (κ1) is 16.8. The topological polar surface area (TPSA) is 61.4 Å². The number of thiophene rings is 1. The van der Waals surface area contributed by atoms with Crippen molar-refractivity contribution in [2.45, 2.75) is 25.4 Å². The summed E-state index contributed by atoms with van der Waals surface area (Å²) in [5.41, 5.74) is 1.07. The molecule has 0 aliphatic rings. The lowest BCUT2D eigenvalue weighted by Gasteiger charge is -2.19. The van der Waals surface area contributed by atoms with E-state index in [0.717, 1.165) is 10.4 Å². The number of hydrogen-bond acceptors (Lipinski definition) is 3. The summed E-state index contributed by atoms with van der Waals surface area (Å²) >= 11 is 7.33. The number of carbonyl (C=O) groups excluding carboxylic acids is 1. The van der Waals surface area contributed by atoms with E-state index in [1.807, 2.05) is 49.4 Å². The van der Waals surface area contributed by atoms with Crippen molar-refractivity contribution in [1.29, 1.82) is 0 Å². The summed E-state index contributed by atoms with van der Waals surface area (Å²) in [7, 11) is 0. The van der Waals surface area contributed by atoms with E-state index in [2.05, 4.69) is 10.6 Å². The Morgan fingerprint density at radius 1 is 1.23 bits per heavy atom. The van der Waals surface area contributed by atoms with Crippen molar-refractivity contribution in [1.82, 2.24) is 10.6 Å². The van der Waals surface area contributed by atoms with E-state index in [1.54, 1.807) is 0 Å². The summed E-state index contributed by atoms with van der Waals surface area (Å²) in [5.74, 6) is 0. The third-order valence-electron chi connectivity index (χ3n) is 3.25. The van der Waals surface area contributed by atoms with E-state index in [9.17, 15) is 9.90 Å². The quantitative estimate of drug-likeness (QED) is 0.756. The van der Waals surface area contributed by atoms with Gasteiger partial charge in [-0.25, -0.2) is 4.79 Å². The van der Waals surface area contributed by atoms with Crippen molar-refractivity contribution in [3.63, 3.8) is 0 Å². The second-order valence-electron chi connectivity index (χ2n) is 5.05. The number of urea groups is 1. The van der Waals surface area contributed by atoms with Gasteiger partial charge in [0.25, 0.3) is 0 Å². The van der Waals surface area contributed by atoms with Gasteiger partial charge in [0.05, 0.1) is 23.0 Å². The minimum Gasteiger partial charge on any atom is -0.394 e. The van der Waals surface area contributed by atoms with Gasteiger partial charge in [-0.3, -0.25) is 0 Å². The van der Waals surface area contributed by atoms with Crippen molar-refractivity contribution in [3.8, 4) is 0 Å². The van der Waals surface area contributed by atoms with E-state index >= 15 is 0 Å². The van der Waals surface area contributed by atoms with Crippen molar-refractivity contribution >= 4 is 29.0 Å². The third-order valence-corrected chi connectivity index (χ3v) is 4.66. The smallest absolute Gasteiger partial charge is 0.315 e. The molecule has 0 fully saturated rings. The number of hydrogen-bond donors (Lipinski definition) is 3. The Morgan fingerprint density at radius 3 is 2.55 bits per heavy atom. The highest BCUT2D eigenvalue weighted by atomic mass is 35.5. The fourth-order valence-corrected chi connectivity index (χ4v) is 3.18. The minimum atomic E-state index is -0.318.